The fraction of sp³-hybridized carbons (Fsp3) is 0.0667. The summed E-state index contributed by atoms with van der Waals surface area (Å²) in [5.74, 6) is -1.03. The van der Waals surface area contributed by atoms with Crippen molar-refractivity contribution in [1.82, 2.24) is 0 Å². The van der Waals surface area contributed by atoms with E-state index in [4.69, 9.17) is 9.94 Å². The van der Waals surface area contributed by atoms with Gasteiger partial charge in [0.1, 0.15) is 0 Å². The van der Waals surface area contributed by atoms with E-state index >= 15 is 0 Å². The molecule has 7 heteroatoms. The lowest BCUT2D eigenvalue weighted by Crippen LogP contribution is -2.08. The Hall–Kier alpha value is -2.83. The average molecular weight is 309 g/mol. The quantitative estimate of drug-likeness (QED) is 0.690. The SMILES string of the molecule is O=C(O)c1cccc(ON=Cc2ccccc2C(F)(F)F)c1. The molecule has 0 saturated heterocycles. The van der Waals surface area contributed by atoms with Gasteiger partial charge in [-0.3, -0.25) is 0 Å². The molecule has 0 fully saturated rings. The van der Waals surface area contributed by atoms with E-state index in [1.165, 1.54) is 42.5 Å². The zero-order valence-corrected chi connectivity index (χ0v) is 11.0. The number of hydrogen-bond acceptors (Lipinski definition) is 3. The van der Waals surface area contributed by atoms with Crippen LogP contribution in [-0.2, 0) is 6.18 Å². The summed E-state index contributed by atoms with van der Waals surface area (Å²) in [6.07, 6.45) is -3.57. The van der Waals surface area contributed by atoms with E-state index < -0.39 is 17.7 Å². The molecule has 0 heterocycles. The van der Waals surface area contributed by atoms with Crippen LogP contribution in [0.4, 0.5) is 13.2 Å². The molecular formula is C15H10F3NO3. The third kappa shape index (κ3) is 3.85. The van der Waals surface area contributed by atoms with Crippen LogP contribution in [0.3, 0.4) is 0 Å². The smallest absolute Gasteiger partial charge is 0.417 e. The Morgan fingerprint density at radius 1 is 1.14 bits per heavy atom. The fourth-order valence-electron chi connectivity index (χ4n) is 1.70. The minimum Gasteiger partial charge on any atom is -0.478 e. The van der Waals surface area contributed by atoms with Gasteiger partial charge < -0.3 is 9.94 Å². The molecule has 0 aromatic heterocycles. The van der Waals surface area contributed by atoms with Gasteiger partial charge in [-0.1, -0.05) is 29.4 Å². The van der Waals surface area contributed by atoms with Crippen LogP contribution in [0.15, 0.2) is 53.7 Å². The maximum atomic E-state index is 12.8. The lowest BCUT2D eigenvalue weighted by atomic mass is 10.1. The van der Waals surface area contributed by atoms with Gasteiger partial charge in [0.25, 0.3) is 0 Å². The molecule has 0 amide bonds. The Morgan fingerprint density at radius 3 is 2.55 bits per heavy atom. The summed E-state index contributed by atoms with van der Waals surface area (Å²) in [5, 5.41) is 12.3. The summed E-state index contributed by atoms with van der Waals surface area (Å²) in [6, 6.07) is 10.4. The number of rotatable bonds is 4. The first-order valence-corrected chi connectivity index (χ1v) is 6.08. The second-order valence-corrected chi connectivity index (χ2v) is 4.24. The fourth-order valence-corrected chi connectivity index (χ4v) is 1.70. The maximum absolute atomic E-state index is 12.8. The summed E-state index contributed by atoms with van der Waals surface area (Å²) in [7, 11) is 0. The zero-order chi connectivity index (χ0) is 16.2. The molecule has 0 bridgehead atoms. The normalized spacial score (nSPS) is 11.6. The van der Waals surface area contributed by atoms with Gasteiger partial charge in [-0.2, -0.15) is 13.2 Å². The summed E-state index contributed by atoms with van der Waals surface area (Å²) >= 11 is 0. The van der Waals surface area contributed by atoms with Crippen molar-refractivity contribution in [3.05, 3.63) is 65.2 Å². The summed E-state index contributed by atoms with van der Waals surface area (Å²) in [5.41, 5.74) is -0.991. The van der Waals surface area contributed by atoms with Gasteiger partial charge in [0.05, 0.1) is 17.3 Å². The second kappa shape index (κ2) is 6.30. The van der Waals surface area contributed by atoms with Crippen molar-refractivity contribution >= 4 is 12.2 Å². The van der Waals surface area contributed by atoms with E-state index in [9.17, 15) is 18.0 Å². The highest BCUT2D eigenvalue weighted by molar-refractivity contribution is 5.88. The molecule has 2 aromatic rings. The standard InChI is InChI=1S/C15H10F3NO3/c16-15(17,18)13-7-2-1-4-11(13)9-19-22-12-6-3-5-10(8-12)14(20)21/h1-9H,(H,20,21). The van der Waals surface area contributed by atoms with Crippen LogP contribution in [0.25, 0.3) is 0 Å². The molecule has 0 radical (unpaired) electrons. The van der Waals surface area contributed by atoms with Crippen LogP contribution in [0.5, 0.6) is 5.75 Å². The minimum absolute atomic E-state index is 0.0107. The van der Waals surface area contributed by atoms with Crippen LogP contribution in [-0.4, -0.2) is 17.3 Å². The Kier molecular flexibility index (Phi) is 4.45. The van der Waals surface area contributed by atoms with E-state index in [-0.39, 0.29) is 16.9 Å². The number of halogens is 3. The van der Waals surface area contributed by atoms with Crippen molar-refractivity contribution in [3.8, 4) is 5.75 Å². The molecule has 0 unspecified atom stereocenters. The number of carbonyl (C=O) groups is 1. The van der Waals surface area contributed by atoms with Gasteiger partial charge in [0.2, 0.25) is 0 Å². The lowest BCUT2D eigenvalue weighted by Gasteiger charge is -2.09. The lowest BCUT2D eigenvalue weighted by molar-refractivity contribution is -0.137. The van der Waals surface area contributed by atoms with Crippen LogP contribution < -0.4 is 4.84 Å². The third-order valence-corrected chi connectivity index (χ3v) is 2.70. The van der Waals surface area contributed by atoms with Crippen molar-refractivity contribution in [3.63, 3.8) is 0 Å². The third-order valence-electron chi connectivity index (χ3n) is 2.70. The van der Waals surface area contributed by atoms with E-state index in [2.05, 4.69) is 5.16 Å². The van der Waals surface area contributed by atoms with Gasteiger partial charge in [0, 0.05) is 5.56 Å². The molecule has 0 aliphatic heterocycles. The van der Waals surface area contributed by atoms with Gasteiger partial charge in [-0.15, -0.1) is 0 Å². The number of nitrogens with zero attached hydrogens (tertiary/aromatic N) is 1. The van der Waals surface area contributed by atoms with E-state index in [0.29, 0.717) is 0 Å². The molecule has 0 aliphatic carbocycles. The predicted octanol–water partition coefficient (Wildman–Crippen LogP) is 3.82. The van der Waals surface area contributed by atoms with E-state index in [0.717, 1.165) is 12.3 Å². The second-order valence-electron chi connectivity index (χ2n) is 4.24. The highest BCUT2D eigenvalue weighted by Crippen LogP contribution is 2.31. The Labute approximate surface area is 123 Å². The van der Waals surface area contributed by atoms with Crippen LogP contribution in [0.1, 0.15) is 21.5 Å². The molecule has 2 rings (SSSR count). The van der Waals surface area contributed by atoms with Crippen molar-refractivity contribution < 1.29 is 27.9 Å². The zero-order valence-electron chi connectivity index (χ0n) is 11.0. The number of carboxylic acids is 1. The molecule has 0 saturated carbocycles. The molecule has 4 nitrogen and oxygen atoms in total. The highest BCUT2D eigenvalue weighted by Gasteiger charge is 2.32. The first kappa shape index (κ1) is 15.6. The average Bonchev–Trinajstić information content (AvgIpc) is 2.47. The number of benzene rings is 2. The van der Waals surface area contributed by atoms with Crippen molar-refractivity contribution in [2.24, 2.45) is 5.16 Å². The van der Waals surface area contributed by atoms with Gasteiger partial charge >= 0.3 is 12.1 Å². The molecule has 114 valence electrons. The van der Waals surface area contributed by atoms with Gasteiger partial charge in [0.15, 0.2) is 5.75 Å². The molecule has 0 spiro atoms. The minimum atomic E-state index is -4.49. The number of carboxylic acid groups (broad SMARTS) is 1. The molecule has 2 aromatic carbocycles. The van der Waals surface area contributed by atoms with Crippen molar-refractivity contribution in [2.45, 2.75) is 6.18 Å². The first-order chi connectivity index (χ1) is 10.4. The van der Waals surface area contributed by atoms with Crippen LogP contribution in [0, 0.1) is 0 Å². The monoisotopic (exact) mass is 309 g/mol. The van der Waals surface area contributed by atoms with Gasteiger partial charge in [-0.05, 0) is 24.3 Å². The van der Waals surface area contributed by atoms with E-state index in [1.54, 1.807) is 0 Å². The Bertz CT molecular complexity index is 711. The number of aromatic carboxylic acids is 1. The number of alkyl halides is 3. The summed E-state index contributed by atoms with van der Waals surface area (Å²) < 4.78 is 38.3. The van der Waals surface area contributed by atoms with Crippen molar-refractivity contribution in [1.29, 1.82) is 0 Å². The summed E-state index contributed by atoms with van der Waals surface area (Å²) in [6.45, 7) is 0. The van der Waals surface area contributed by atoms with Gasteiger partial charge in [-0.25, -0.2) is 4.79 Å². The van der Waals surface area contributed by atoms with E-state index in [1.807, 2.05) is 0 Å². The first-order valence-electron chi connectivity index (χ1n) is 6.08. The molecule has 0 atom stereocenters. The van der Waals surface area contributed by atoms with Crippen LogP contribution >= 0.6 is 0 Å². The topological polar surface area (TPSA) is 58.9 Å². The highest BCUT2D eigenvalue weighted by atomic mass is 19.4. The number of oxime groups is 1. The Balaban J connectivity index is 2.17. The molecule has 0 aliphatic rings. The van der Waals surface area contributed by atoms with Crippen LogP contribution in [0.2, 0.25) is 0 Å². The Morgan fingerprint density at radius 2 is 1.86 bits per heavy atom. The summed E-state index contributed by atoms with van der Waals surface area (Å²) in [4.78, 5) is 15.7. The largest absolute Gasteiger partial charge is 0.478 e. The molecular weight excluding hydrogens is 299 g/mol. The number of hydrogen-bond donors (Lipinski definition) is 1. The molecule has 22 heavy (non-hydrogen) atoms. The van der Waals surface area contributed by atoms with Crippen molar-refractivity contribution in [2.75, 3.05) is 0 Å². The maximum Gasteiger partial charge on any atom is 0.417 e. The molecule has 1 N–H and O–H groups in total. The predicted molar refractivity (Wildman–Crippen MR) is 73.1 cm³/mol.